The van der Waals surface area contributed by atoms with Crippen LogP contribution < -0.4 is 61.1 Å². The molecule has 680 valence electrons. The van der Waals surface area contributed by atoms with Gasteiger partial charge in [-0.1, -0.05) is 131 Å². The first-order chi connectivity index (χ1) is 62.9. The van der Waals surface area contributed by atoms with Crippen molar-refractivity contribution in [2.75, 3.05) is 124 Å². The molecule has 4 aliphatic rings. The summed E-state index contributed by atoms with van der Waals surface area (Å²) in [5, 5.41) is 15.5. The zero-order chi connectivity index (χ0) is 93.3. The summed E-state index contributed by atoms with van der Waals surface area (Å²) in [6.45, 7) is 28.0. The van der Waals surface area contributed by atoms with E-state index in [0.717, 1.165) is 99.3 Å². The van der Waals surface area contributed by atoms with Gasteiger partial charge in [-0.25, -0.2) is 34.3 Å². The van der Waals surface area contributed by atoms with Gasteiger partial charge in [0.05, 0.1) is 22.8 Å². The number of carboxylic acids is 1. The Balaban J connectivity index is 0.000000155. The Morgan fingerprint density at radius 2 is 0.580 bits per heavy atom. The summed E-state index contributed by atoms with van der Waals surface area (Å²) in [6, 6.07) is 67.7. The molecule has 8 N–H and O–H groups in total. The molecule has 0 aliphatic carbocycles. The first kappa shape index (κ1) is 96.1. The Morgan fingerprint density at radius 1 is 0.351 bits per heavy atom. The third-order valence-electron chi connectivity index (χ3n) is 19.7. The lowest BCUT2D eigenvalue weighted by atomic mass is 10.1. The van der Waals surface area contributed by atoms with Crippen LogP contribution in [-0.4, -0.2) is 203 Å². The van der Waals surface area contributed by atoms with Gasteiger partial charge in [-0.05, 0) is 211 Å². The number of carbonyl (C=O) groups is 8. The van der Waals surface area contributed by atoms with E-state index in [1.807, 2.05) is 253 Å². The van der Waals surface area contributed by atoms with Crippen molar-refractivity contribution in [3.8, 4) is 91.0 Å². The number of nitrogens with two attached hydrogens (primary N) is 3. The molecule has 35 heteroatoms. The number of benzene rings is 8. The number of anilines is 4. The van der Waals surface area contributed by atoms with E-state index in [2.05, 4.69) is 38.2 Å². The van der Waals surface area contributed by atoms with Crippen LogP contribution in [0.25, 0.3) is 45.0 Å². The highest BCUT2D eigenvalue weighted by atomic mass is 35.5. The molecule has 4 fully saturated rings. The number of allylic oxidation sites excluding steroid dienone is 1. The van der Waals surface area contributed by atoms with E-state index >= 15 is 0 Å². The summed E-state index contributed by atoms with van der Waals surface area (Å²) in [7, 11) is 0. The summed E-state index contributed by atoms with van der Waals surface area (Å²) in [5.41, 5.74) is 21.1. The zero-order valence-electron chi connectivity index (χ0n) is 73.0. The lowest BCUT2D eigenvalue weighted by Crippen LogP contribution is -2.50. The number of hydrogen-bond donors (Lipinski definition) is 5. The number of aromatic nitrogens is 4. The Morgan fingerprint density at radius 3 is 0.809 bits per heavy atom. The summed E-state index contributed by atoms with van der Waals surface area (Å²) in [6.07, 6.45) is 1.72. The van der Waals surface area contributed by atoms with Crippen LogP contribution in [0.1, 0.15) is 80.2 Å². The van der Waals surface area contributed by atoms with E-state index in [1.165, 1.54) is 40.1 Å². The fourth-order valence-corrected chi connectivity index (χ4v) is 17.3. The Hall–Kier alpha value is -14.0. The minimum Gasteiger partial charge on any atom is -0.477 e. The van der Waals surface area contributed by atoms with Crippen molar-refractivity contribution in [1.82, 2.24) is 40.0 Å². The number of para-hydroxylation sites is 4. The smallest absolute Gasteiger partial charge is 0.410 e. The molecule has 0 unspecified atom stereocenters. The molecule has 0 radical (unpaired) electrons. The minimum atomic E-state index is -1.02. The van der Waals surface area contributed by atoms with Crippen molar-refractivity contribution >= 4 is 125 Å². The van der Waals surface area contributed by atoms with E-state index < -0.39 is 40.1 Å². The van der Waals surface area contributed by atoms with Crippen LogP contribution in [-0.2, 0) is 19.1 Å². The molecule has 4 aliphatic heterocycles. The largest absolute Gasteiger partial charge is 0.477 e. The lowest BCUT2D eigenvalue weighted by molar-refractivity contribution is -0.126. The van der Waals surface area contributed by atoms with Crippen LogP contribution in [0.4, 0.5) is 30.1 Å². The van der Waals surface area contributed by atoms with Gasteiger partial charge in [0.2, 0.25) is 11.1 Å². The highest BCUT2D eigenvalue weighted by Crippen LogP contribution is 2.41. The summed E-state index contributed by atoms with van der Waals surface area (Å²) in [4.78, 5) is 128. The van der Waals surface area contributed by atoms with Crippen LogP contribution in [0.3, 0.4) is 0 Å². The number of hydrogen-bond acceptors (Lipinski definition) is 27. The molecule has 4 aromatic heterocycles. The third-order valence-corrected chi connectivity index (χ3v) is 24.4. The van der Waals surface area contributed by atoms with Gasteiger partial charge >= 0.3 is 18.2 Å². The van der Waals surface area contributed by atoms with E-state index in [4.69, 9.17) is 72.2 Å². The number of amides is 6. The number of carbonyl (C=O) groups excluding carboxylic acids is 7. The van der Waals surface area contributed by atoms with Crippen molar-refractivity contribution in [2.45, 2.75) is 52.7 Å². The average molecular weight is 1870 g/mol. The number of thiazole rings is 4. The van der Waals surface area contributed by atoms with Gasteiger partial charge in [-0.3, -0.25) is 24.0 Å². The number of rotatable bonds is 22. The number of nitrogens with zero attached hydrogens (tertiary/aromatic N) is 11. The van der Waals surface area contributed by atoms with Crippen molar-refractivity contribution in [3.05, 3.63) is 263 Å². The molecule has 16 rings (SSSR count). The average Bonchev–Trinajstić information content (AvgIpc) is 1.67. The van der Waals surface area contributed by atoms with E-state index in [9.17, 15) is 43.5 Å². The number of carboxylic acid groups (broad SMARTS) is 1. The molecule has 0 spiro atoms. The molecule has 6 amide bonds. The molecule has 12 aromatic rings. The van der Waals surface area contributed by atoms with Gasteiger partial charge in [0, 0.05) is 127 Å². The fraction of sp³-hybridized carbons (Fsp3) is 0.250. The Bertz CT molecular complexity index is 5710. The highest BCUT2D eigenvalue weighted by molar-refractivity contribution is 7.19. The zero-order valence-corrected chi connectivity index (χ0v) is 77.0. The quantitative estimate of drug-likeness (QED) is 0.0311. The van der Waals surface area contributed by atoms with Crippen LogP contribution in [0.15, 0.2) is 244 Å². The molecule has 8 heterocycles. The van der Waals surface area contributed by atoms with Gasteiger partial charge in [0.1, 0.15) is 76.7 Å². The molecule has 4 saturated heterocycles. The number of ether oxygens (including phenoxy) is 6. The highest BCUT2D eigenvalue weighted by Gasteiger charge is 2.33. The molecule has 0 atom stereocenters. The Kier molecular flexibility index (Phi) is 33.2. The number of piperazine rings is 4. The van der Waals surface area contributed by atoms with Crippen molar-refractivity contribution < 1.29 is 71.9 Å². The molecule has 0 saturated carbocycles. The van der Waals surface area contributed by atoms with Gasteiger partial charge in [0.25, 0.3) is 17.7 Å². The normalized spacial score (nSPS) is 13.7. The van der Waals surface area contributed by atoms with E-state index in [0.29, 0.717) is 149 Å². The molecule has 0 bridgehead atoms. The first-order valence-corrected chi connectivity index (χ1v) is 45.4. The monoisotopic (exact) mass is 1870 g/mol. The number of aromatic carboxylic acids is 1. The number of halogens is 1. The summed E-state index contributed by atoms with van der Waals surface area (Å²) >= 11 is 9.75. The summed E-state index contributed by atoms with van der Waals surface area (Å²) in [5.74, 6) is 3.18. The van der Waals surface area contributed by atoms with Gasteiger partial charge in [-0.2, -0.15) is 0 Å². The second kappa shape index (κ2) is 45.3. The van der Waals surface area contributed by atoms with Crippen LogP contribution >= 0.6 is 56.9 Å². The summed E-state index contributed by atoms with van der Waals surface area (Å²) < 4.78 is 34.2. The SMILES string of the molecule is C=CC(=O)Cl.C=CC(=O)N1CCN(c2nc(-c3ccc(Oc4ccccc4)cc3)c(C(N)=O)s2)CC1.CC(C)(C)OC(=O)N1CCN(c2nc(-c3ccc(Oc4ccccc4)cc3)c(C(=O)O)s2)CC1.CC(C)(C)OC(=O)N1CCN(c2nc(-c3ccc(Oc4ccccc4)cc3)c(C(N)=O)s2)CC1.NC(=O)c1sc(N2CCNCC2)nc1-c1ccc(Oc2ccccc2)cc1. The Labute approximate surface area is 779 Å². The number of primary amides is 3. The second-order valence-electron chi connectivity index (χ2n) is 31.5. The van der Waals surface area contributed by atoms with E-state index in [-0.39, 0.29) is 23.0 Å². The topological polar surface area (TPSA) is 376 Å². The molecular weight excluding hydrogens is 1770 g/mol. The van der Waals surface area contributed by atoms with Crippen LogP contribution in [0.5, 0.6) is 46.0 Å². The fourth-order valence-electron chi connectivity index (χ4n) is 13.3. The van der Waals surface area contributed by atoms with Gasteiger partial charge in [0.15, 0.2) is 20.5 Å². The molecule has 8 aromatic carbocycles. The van der Waals surface area contributed by atoms with Crippen molar-refractivity contribution in [1.29, 1.82) is 0 Å². The first-order valence-electron chi connectivity index (χ1n) is 41.8. The van der Waals surface area contributed by atoms with Crippen LogP contribution in [0, 0.1) is 0 Å². The maximum absolute atomic E-state index is 12.3. The standard InChI is InChI=1S/C25H28N4O4S.C25H27N3O5S.C23H22N4O3S.C20H20N4O2S.C3H3ClO/c1-25(2,3)33-24(31)29-15-13-28(14-16-29)23-27-20(21(34-23)22(26)30)17-9-11-19(12-10-17)32-18-7-5-4-6-8-18;1-25(2,3)33-24(31)28-15-13-27(14-16-28)23-26-20(21(34-23)22(29)30)17-9-11-19(12-10-17)32-18-7-5-4-6-8-18;1-2-19(28)26-12-14-27(15-13-26)23-25-20(21(31-23)22(24)29)16-8-10-18(11-9-16)30-17-6-4-3-5-7-17;21-19(25)18-17(23-20(27-18)24-12-10-22-11-13-24)14-6-8-16(9-7-14)26-15-4-2-1-3-5-15;1-2-3(4)5/h4-12H,13-16H2,1-3H3,(H2,26,30);4-12H,13-16H2,1-3H3,(H,29,30);2-11H,1,12-15H2,(H2,24,29);1-9,22H,10-13H2,(H2,21,25);2H,1H2. The van der Waals surface area contributed by atoms with Gasteiger partial charge < -0.3 is 90.3 Å². The van der Waals surface area contributed by atoms with Crippen molar-refractivity contribution in [3.63, 3.8) is 0 Å². The lowest BCUT2D eigenvalue weighted by Gasteiger charge is -2.35. The maximum atomic E-state index is 12.3. The molecule has 131 heavy (non-hydrogen) atoms. The predicted molar refractivity (Wildman–Crippen MR) is 514 cm³/mol. The minimum absolute atomic E-state index is 0.0740. The third kappa shape index (κ3) is 27.5. The van der Waals surface area contributed by atoms with E-state index in [1.54, 1.807) is 26.8 Å². The second-order valence-corrected chi connectivity index (χ2v) is 35.8. The molecular formula is C96H100ClN15O15S4. The van der Waals surface area contributed by atoms with Crippen LogP contribution in [0.2, 0.25) is 0 Å². The molecule has 30 nitrogen and oxygen atoms in total. The van der Waals surface area contributed by atoms with Gasteiger partial charge in [-0.15, -0.1) is 0 Å². The predicted octanol–water partition coefficient (Wildman–Crippen LogP) is 17.7. The van der Waals surface area contributed by atoms with Crippen molar-refractivity contribution in [2.24, 2.45) is 17.2 Å². The maximum Gasteiger partial charge on any atom is 0.410 e. The number of nitrogens with one attached hydrogen (secondary N) is 1.